The zero-order valence-corrected chi connectivity index (χ0v) is 14.4. The van der Waals surface area contributed by atoms with Crippen LogP contribution in [0.5, 0.6) is 5.75 Å². The second-order valence-corrected chi connectivity index (χ2v) is 6.57. The first kappa shape index (κ1) is 15.6. The highest BCUT2D eigenvalue weighted by molar-refractivity contribution is 9.10. The van der Waals surface area contributed by atoms with Crippen molar-refractivity contribution in [2.75, 3.05) is 25.1 Å². The Kier molecular flexibility index (Phi) is 5.33. The van der Waals surface area contributed by atoms with Crippen molar-refractivity contribution >= 4 is 21.6 Å². The summed E-state index contributed by atoms with van der Waals surface area (Å²) in [6, 6.07) is 7.22. The van der Waals surface area contributed by atoms with Crippen LogP contribution in [-0.2, 0) is 0 Å². The molecule has 0 saturated carbocycles. The van der Waals surface area contributed by atoms with E-state index in [1.165, 1.54) is 12.1 Å². The van der Waals surface area contributed by atoms with Crippen LogP contribution in [0.25, 0.3) is 0 Å². The molecule has 1 saturated heterocycles. The van der Waals surface area contributed by atoms with Gasteiger partial charge in [-0.1, -0.05) is 20.3 Å². The third kappa shape index (κ3) is 3.29. The molecule has 1 aromatic rings. The highest BCUT2D eigenvalue weighted by atomic mass is 79.9. The number of hydrogen-bond acceptors (Lipinski definition) is 3. The fourth-order valence-electron chi connectivity index (χ4n) is 2.73. The maximum Gasteiger partial charge on any atom is 0.121 e. The Morgan fingerprint density at radius 3 is 2.90 bits per heavy atom. The van der Waals surface area contributed by atoms with E-state index in [-0.39, 0.29) is 0 Å². The molecule has 2 rings (SSSR count). The molecule has 3 atom stereocenters. The van der Waals surface area contributed by atoms with Crippen molar-refractivity contribution in [3.8, 4) is 5.75 Å². The molecule has 112 valence electrons. The Hall–Kier alpha value is -0.740. The summed E-state index contributed by atoms with van der Waals surface area (Å²) in [7, 11) is 1.72. The lowest BCUT2D eigenvalue weighted by Gasteiger charge is -2.42. The van der Waals surface area contributed by atoms with E-state index in [0.29, 0.717) is 18.0 Å². The van der Waals surface area contributed by atoms with Crippen LogP contribution in [0.4, 0.5) is 5.69 Å². The number of hydrogen-bond donors (Lipinski definition) is 1. The molecule has 0 radical (unpaired) electrons. The average molecular weight is 341 g/mol. The summed E-state index contributed by atoms with van der Waals surface area (Å²) in [4.78, 5) is 2.49. The van der Waals surface area contributed by atoms with Crippen LogP contribution in [0.3, 0.4) is 0 Å². The summed E-state index contributed by atoms with van der Waals surface area (Å²) >= 11 is 3.68. The van der Waals surface area contributed by atoms with E-state index >= 15 is 0 Å². The summed E-state index contributed by atoms with van der Waals surface area (Å²) < 4.78 is 6.50. The quantitative estimate of drug-likeness (QED) is 0.904. The van der Waals surface area contributed by atoms with Crippen molar-refractivity contribution in [1.82, 2.24) is 5.32 Å². The highest BCUT2D eigenvalue weighted by Crippen LogP contribution is 2.33. The van der Waals surface area contributed by atoms with E-state index in [4.69, 9.17) is 4.74 Å². The number of methoxy groups -OCH3 is 1. The van der Waals surface area contributed by atoms with E-state index in [0.717, 1.165) is 23.3 Å². The molecule has 0 amide bonds. The van der Waals surface area contributed by atoms with Gasteiger partial charge in [0.05, 0.1) is 12.8 Å². The van der Waals surface area contributed by atoms with E-state index in [9.17, 15) is 0 Å². The number of ether oxygens (including phenoxy) is 1. The van der Waals surface area contributed by atoms with Crippen LogP contribution < -0.4 is 15.0 Å². The Bertz CT molecular complexity index is 452. The van der Waals surface area contributed by atoms with Gasteiger partial charge in [-0.3, -0.25) is 0 Å². The lowest BCUT2D eigenvalue weighted by atomic mass is 9.95. The molecule has 0 aromatic heterocycles. The second-order valence-electron chi connectivity index (χ2n) is 5.72. The third-order valence-corrected chi connectivity index (χ3v) is 5.07. The van der Waals surface area contributed by atoms with Crippen molar-refractivity contribution in [2.24, 2.45) is 5.92 Å². The minimum Gasteiger partial charge on any atom is -0.497 e. The summed E-state index contributed by atoms with van der Waals surface area (Å²) in [5.41, 5.74) is 1.23. The molecule has 4 heteroatoms. The van der Waals surface area contributed by atoms with Crippen molar-refractivity contribution in [2.45, 2.75) is 39.3 Å². The van der Waals surface area contributed by atoms with Crippen LogP contribution in [0.2, 0.25) is 0 Å². The first-order chi connectivity index (χ1) is 9.56. The SMILES string of the molecule is CCC(C)C1CN(c2cc(OC)ccc2Br)C(C)CN1. The lowest BCUT2D eigenvalue weighted by molar-refractivity contribution is 0.315. The van der Waals surface area contributed by atoms with Crippen molar-refractivity contribution in [3.05, 3.63) is 22.7 Å². The predicted molar refractivity (Wildman–Crippen MR) is 88.7 cm³/mol. The molecule has 1 N–H and O–H groups in total. The number of benzene rings is 1. The monoisotopic (exact) mass is 340 g/mol. The van der Waals surface area contributed by atoms with E-state index in [1.807, 2.05) is 6.07 Å². The number of nitrogens with one attached hydrogen (secondary N) is 1. The van der Waals surface area contributed by atoms with Gasteiger partial charge in [0, 0.05) is 35.7 Å². The topological polar surface area (TPSA) is 24.5 Å². The van der Waals surface area contributed by atoms with Gasteiger partial charge >= 0.3 is 0 Å². The minimum atomic E-state index is 0.485. The number of piperazine rings is 1. The molecule has 3 unspecified atom stereocenters. The molecule has 1 heterocycles. The minimum absolute atomic E-state index is 0.485. The van der Waals surface area contributed by atoms with Gasteiger partial charge in [0.1, 0.15) is 5.75 Å². The summed E-state index contributed by atoms with van der Waals surface area (Å²) in [6.45, 7) is 8.93. The Morgan fingerprint density at radius 1 is 1.50 bits per heavy atom. The highest BCUT2D eigenvalue weighted by Gasteiger charge is 2.28. The maximum absolute atomic E-state index is 5.37. The molecule has 0 bridgehead atoms. The molecule has 1 aromatic carbocycles. The largest absolute Gasteiger partial charge is 0.497 e. The Balaban J connectivity index is 2.24. The average Bonchev–Trinajstić information content (AvgIpc) is 2.48. The summed E-state index contributed by atoms with van der Waals surface area (Å²) in [6.07, 6.45) is 1.21. The Labute approximate surface area is 130 Å². The first-order valence-corrected chi connectivity index (χ1v) is 8.19. The van der Waals surface area contributed by atoms with Crippen LogP contribution in [0.15, 0.2) is 22.7 Å². The first-order valence-electron chi connectivity index (χ1n) is 7.40. The van der Waals surface area contributed by atoms with Crippen LogP contribution in [-0.4, -0.2) is 32.3 Å². The van der Waals surface area contributed by atoms with E-state index in [1.54, 1.807) is 7.11 Å². The molecular formula is C16H25BrN2O. The van der Waals surface area contributed by atoms with Gasteiger partial charge < -0.3 is 15.0 Å². The van der Waals surface area contributed by atoms with Crippen molar-refractivity contribution in [1.29, 1.82) is 0 Å². The summed E-state index contributed by atoms with van der Waals surface area (Å²) in [5.74, 6) is 1.60. The zero-order valence-electron chi connectivity index (χ0n) is 12.8. The van der Waals surface area contributed by atoms with Crippen molar-refractivity contribution in [3.63, 3.8) is 0 Å². The molecule has 20 heavy (non-hydrogen) atoms. The standard InChI is InChI=1S/C16H25BrN2O/c1-5-11(2)15-10-19(12(3)9-18-15)16-8-13(20-4)6-7-14(16)17/h6-8,11-12,15,18H,5,9-10H2,1-4H3. The van der Waals surface area contributed by atoms with Gasteiger partial charge in [-0.05, 0) is 40.9 Å². The normalized spacial score (nSPS) is 24.6. The van der Waals surface area contributed by atoms with Crippen LogP contribution >= 0.6 is 15.9 Å². The molecule has 1 fully saturated rings. The molecule has 3 nitrogen and oxygen atoms in total. The van der Waals surface area contributed by atoms with Crippen molar-refractivity contribution < 1.29 is 4.74 Å². The molecule has 1 aliphatic rings. The Morgan fingerprint density at radius 2 is 2.25 bits per heavy atom. The fraction of sp³-hybridized carbons (Fsp3) is 0.625. The lowest BCUT2D eigenvalue weighted by Crippen LogP contribution is -2.57. The third-order valence-electron chi connectivity index (χ3n) is 4.39. The smallest absolute Gasteiger partial charge is 0.121 e. The van der Waals surface area contributed by atoms with Gasteiger partial charge in [-0.25, -0.2) is 0 Å². The predicted octanol–water partition coefficient (Wildman–Crippen LogP) is 3.67. The van der Waals surface area contributed by atoms with Crippen LogP contribution in [0, 0.1) is 5.92 Å². The summed E-state index contributed by atoms with van der Waals surface area (Å²) in [5, 5.41) is 3.68. The fourth-order valence-corrected chi connectivity index (χ4v) is 3.20. The van der Waals surface area contributed by atoms with Gasteiger partial charge in [-0.2, -0.15) is 0 Å². The number of nitrogens with zero attached hydrogens (tertiary/aromatic N) is 1. The molecule has 0 spiro atoms. The van der Waals surface area contributed by atoms with E-state index in [2.05, 4.69) is 59.1 Å². The maximum atomic E-state index is 5.37. The second kappa shape index (κ2) is 6.81. The van der Waals surface area contributed by atoms with Gasteiger partial charge in [0.15, 0.2) is 0 Å². The van der Waals surface area contributed by atoms with Crippen LogP contribution in [0.1, 0.15) is 27.2 Å². The van der Waals surface area contributed by atoms with E-state index < -0.39 is 0 Å². The molecule has 1 aliphatic heterocycles. The molecular weight excluding hydrogens is 316 g/mol. The number of halogens is 1. The molecule has 0 aliphatic carbocycles. The van der Waals surface area contributed by atoms with Gasteiger partial charge in [0.2, 0.25) is 0 Å². The van der Waals surface area contributed by atoms with Gasteiger partial charge in [0.25, 0.3) is 0 Å². The number of anilines is 1. The zero-order chi connectivity index (χ0) is 14.7. The number of rotatable bonds is 4. The van der Waals surface area contributed by atoms with Gasteiger partial charge in [-0.15, -0.1) is 0 Å².